The molecule has 1 aliphatic rings. The average Bonchev–Trinajstić information content (AvgIpc) is 3.18. The van der Waals surface area contributed by atoms with Crippen LogP contribution in [0.1, 0.15) is 34.4 Å². The summed E-state index contributed by atoms with van der Waals surface area (Å²) in [6.45, 7) is 6.74. The molecule has 1 saturated heterocycles. The lowest BCUT2D eigenvalue weighted by Gasteiger charge is -2.09. The van der Waals surface area contributed by atoms with E-state index in [2.05, 4.69) is 37.4 Å². The van der Waals surface area contributed by atoms with Crippen LogP contribution in [0.2, 0.25) is 0 Å². The van der Waals surface area contributed by atoms with E-state index < -0.39 is 6.10 Å². The van der Waals surface area contributed by atoms with Crippen molar-refractivity contribution in [3.8, 4) is 17.2 Å². The van der Waals surface area contributed by atoms with Gasteiger partial charge in [-0.2, -0.15) is 5.26 Å². The first kappa shape index (κ1) is 16.7. The number of aryl methyl sites for hydroxylation is 3. The van der Waals surface area contributed by atoms with Gasteiger partial charge in [-0.15, -0.1) is 11.3 Å². The molecule has 2 heterocycles. The van der Waals surface area contributed by atoms with Gasteiger partial charge in [0.25, 0.3) is 5.91 Å². The van der Waals surface area contributed by atoms with E-state index in [1.165, 1.54) is 22.5 Å². The predicted molar refractivity (Wildman–Crippen MR) is 96.3 cm³/mol. The molecule has 2 aromatic rings. The molecule has 3 rings (SSSR count). The lowest BCUT2D eigenvalue weighted by Crippen LogP contribution is -2.26. The van der Waals surface area contributed by atoms with Crippen LogP contribution in [-0.4, -0.2) is 18.6 Å². The van der Waals surface area contributed by atoms with Gasteiger partial charge in [0.05, 0.1) is 5.56 Å². The molecule has 0 bridgehead atoms. The standard InChI is InChI=1S/C19H20N2O2S/c1-11-6-7-14(9-12(11)2)17-13(3)24-19(15(17)10-20)21-18(22)16-5-4-8-23-16/h6-7,9,16H,4-5,8H2,1-3H3,(H,21,22)/t16-/m1/s1. The van der Waals surface area contributed by atoms with Crippen molar-refractivity contribution in [2.75, 3.05) is 11.9 Å². The van der Waals surface area contributed by atoms with Crippen LogP contribution < -0.4 is 5.32 Å². The molecule has 0 unspecified atom stereocenters. The van der Waals surface area contributed by atoms with Crippen molar-refractivity contribution in [3.63, 3.8) is 0 Å². The van der Waals surface area contributed by atoms with Gasteiger partial charge in [0.1, 0.15) is 17.2 Å². The van der Waals surface area contributed by atoms with Gasteiger partial charge in [-0.05, 0) is 50.3 Å². The van der Waals surface area contributed by atoms with Gasteiger partial charge in [0.15, 0.2) is 0 Å². The highest BCUT2D eigenvalue weighted by Crippen LogP contribution is 2.40. The van der Waals surface area contributed by atoms with Crippen LogP contribution in [0.25, 0.3) is 11.1 Å². The van der Waals surface area contributed by atoms with Crippen LogP contribution >= 0.6 is 11.3 Å². The van der Waals surface area contributed by atoms with E-state index in [1.807, 2.05) is 13.0 Å². The molecule has 1 atom stereocenters. The van der Waals surface area contributed by atoms with E-state index in [-0.39, 0.29) is 5.91 Å². The summed E-state index contributed by atoms with van der Waals surface area (Å²) in [4.78, 5) is 13.3. The first-order valence-electron chi connectivity index (χ1n) is 8.05. The van der Waals surface area contributed by atoms with E-state index in [9.17, 15) is 10.1 Å². The number of thiophene rings is 1. The topological polar surface area (TPSA) is 62.1 Å². The van der Waals surface area contributed by atoms with E-state index in [0.717, 1.165) is 28.8 Å². The van der Waals surface area contributed by atoms with Gasteiger partial charge in [-0.1, -0.05) is 18.2 Å². The Balaban J connectivity index is 1.96. The third-order valence-electron chi connectivity index (χ3n) is 4.45. The second-order valence-corrected chi connectivity index (χ2v) is 7.36. The Morgan fingerprint density at radius 2 is 2.12 bits per heavy atom. The van der Waals surface area contributed by atoms with Gasteiger partial charge in [0.2, 0.25) is 0 Å². The zero-order valence-corrected chi connectivity index (χ0v) is 14.9. The summed E-state index contributed by atoms with van der Waals surface area (Å²) in [7, 11) is 0. The third kappa shape index (κ3) is 3.08. The number of ether oxygens (including phenoxy) is 1. The molecule has 0 saturated carbocycles. The van der Waals surface area contributed by atoms with Crippen LogP contribution in [0.15, 0.2) is 18.2 Å². The maximum Gasteiger partial charge on any atom is 0.254 e. The van der Waals surface area contributed by atoms with Gasteiger partial charge < -0.3 is 10.1 Å². The number of carbonyl (C=O) groups is 1. The first-order chi connectivity index (χ1) is 11.5. The largest absolute Gasteiger partial charge is 0.368 e. The Morgan fingerprint density at radius 1 is 1.33 bits per heavy atom. The minimum Gasteiger partial charge on any atom is -0.368 e. The van der Waals surface area contributed by atoms with Crippen LogP contribution in [0.5, 0.6) is 0 Å². The summed E-state index contributed by atoms with van der Waals surface area (Å²) in [5, 5.41) is 13.2. The van der Waals surface area contributed by atoms with Crippen LogP contribution in [-0.2, 0) is 9.53 Å². The summed E-state index contributed by atoms with van der Waals surface area (Å²) in [6.07, 6.45) is 1.24. The van der Waals surface area contributed by atoms with Crippen molar-refractivity contribution >= 4 is 22.2 Å². The number of nitrogens with one attached hydrogen (secondary N) is 1. The van der Waals surface area contributed by atoms with Crippen LogP contribution in [0.3, 0.4) is 0 Å². The molecular weight excluding hydrogens is 320 g/mol. The molecule has 24 heavy (non-hydrogen) atoms. The Hall–Kier alpha value is -2.16. The SMILES string of the molecule is Cc1ccc(-c2c(C)sc(NC(=O)[C@H]3CCCO3)c2C#N)cc1C. The smallest absolute Gasteiger partial charge is 0.254 e. The highest BCUT2D eigenvalue weighted by Gasteiger charge is 2.26. The normalized spacial score (nSPS) is 16.8. The van der Waals surface area contributed by atoms with Crippen molar-refractivity contribution in [2.45, 2.75) is 39.7 Å². The molecule has 124 valence electrons. The average molecular weight is 340 g/mol. The number of carbonyl (C=O) groups excluding carboxylic acids is 1. The molecule has 5 heteroatoms. The molecule has 0 spiro atoms. The molecule has 1 fully saturated rings. The fourth-order valence-corrected chi connectivity index (χ4v) is 3.99. The minimum atomic E-state index is -0.399. The number of amides is 1. The first-order valence-corrected chi connectivity index (χ1v) is 8.86. The lowest BCUT2D eigenvalue weighted by molar-refractivity contribution is -0.124. The predicted octanol–water partition coefficient (Wildman–Crippen LogP) is 4.33. The van der Waals surface area contributed by atoms with E-state index in [4.69, 9.17) is 4.74 Å². The van der Waals surface area contributed by atoms with Crippen molar-refractivity contribution in [1.29, 1.82) is 5.26 Å². The second kappa shape index (κ2) is 6.76. The zero-order chi connectivity index (χ0) is 17.3. The number of rotatable bonds is 3. The van der Waals surface area contributed by atoms with Crippen LogP contribution in [0.4, 0.5) is 5.00 Å². The third-order valence-corrected chi connectivity index (χ3v) is 5.47. The number of anilines is 1. The van der Waals surface area contributed by atoms with E-state index >= 15 is 0 Å². The summed E-state index contributed by atoms with van der Waals surface area (Å²) in [6, 6.07) is 8.46. The van der Waals surface area contributed by atoms with Crippen molar-refractivity contribution in [1.82, 2.24) is 0 Å². The molecular formula is C19H20N2O2S. The zero-order valence-electron chi connectivity index (χ0n) is 14.1. The monoisotopic (exact) mass is 340 g/mol. The summed E-state index contributed by atoms with van der Waals surface area (Å²) in [5.41, 5.74) is 4.87. The number of benzene rings is 1. The fraction of sp³-hybridized carbons (Fsp3) is 0.368. The molecule has 1 aromatic heterocycles. The lowest BCUT2D eigenvalue weighted by atomic mass is 9.98. The van der Waals surface area contributed by atoms with Gasteiger partial charge in [-0.3, -0.25) is 4.79 Å². The van der Waals surface area contributed by atoms with Crippen LogP contribution in [0, 0.1) is 32.1 Å². The van der Waals surface area contributed by atoms with Crippen molar-refractivity contribution < 1.29 is 9.53 Å². The Kier molecular flexibility index (Phi) is 4.70. The number of hydrogen-bond acceptors (Lipinski definition) is 4. The van der Waals surface area contributed by atoms with Gasteiger partial charge in [-0.25, -0.2) is 0 Å². The van der Waals surface area contributed by atoms with Crippen molar-refractivity contribution in [3.05, 3.63) is 39.8 Å². The number of hydrogen-bond donors (Lipinski definition) is 1. The number of nitriles is 1. The summed E-state index contributed by atoms with van der Waals surface area (Å²) >= 11 is 1.45. The highest BCUT2D eigenvalue weighted by atomic mass is 32.1. The van der Waals surface area contributed by atoms with E-state index in [1.54, 1.807) is 0 Å². The Bertz CT molecular complexity index is 827. The molecule has 1 aliphatic heterocycles. The molecule has 1 amide bonds. The molecule has 1 aromatic carbocycles. The maximum absolute atomic E-state index is 12.3. The summed E-state index contributed by atoms with van der Waals surface area (Å²) in [5.74, 6) is -0.156. The number of nitrogens with zero attached hydrogens (tertiary/aromatic N) is 1. The van der Waals surface area contributed by atoms with Gasteiger partial charge >= 0.3 is 0 Å². The second-order valence-electron chi connectivity index (χ2n) is 6.14. The molecule has 0 aliphatic carbocycles. The quantitative estimate of drug-likeness (QED) is 0.904. The molecule has 4 nitrogen and oxygen atoms in total. The Labute approximate surface area is 146 Å². The van der Waals surface area contributed by atoms with E-state index in [0.29, 0.717) is 17.2 Å². The maximum atomic E-state index is 12.3. The minimum absolute atomic E-state index is 0.156. The Morgan fingerprint density at radius 3 is 2.75 bits per heavy atom. The molecule has 1 N–H and O–H groups in total. The highest BCUT2D eigenvalue weighted by molar-refractivity contribution is 7.17. The summed E-state index contributed by atoms with van der Waals surface area (Å²) < 4.78 is 5.42. The van der Waals surface area contributed by atoms with Crippen molar-refractivity contribution in [2.24, 2.45) is 0 Å². The van der Waals surface area contributed by atoms with Gasteiger partial charge in [0, 0.05) is 17.0 Å². The fourth-order valence-electron chi connectivity index (χ4n) is 2.96. The molecule has 0 radical (unpaired) electrons.